The Bertz CT molecular complexity index is 970. The van der Waals surface area contributed by atoms with Gasteiger partial charge in [0.25, 0.3) is 0 Å². The first-order valence-electron chi connectivity index (χ1n) is 9.87. The Balaban J connectivity index is 1.36. The molecule has 2 heterocycles. The van der Waals surface area contributed by atoms with Crippen LogP contribution in [0.15, 0.2) is 73.1 Å². The summed E-state index contributed by atoms with van der Waals surface area (Å²) in [5, 5.41) is 7.25. The van der Waals surface area contributed by atoms with Gasteiger partial charge < -0.3 is 10.2 Å². The monoisotopic (exact) mass is 388 g/mol. The van der Waals surface area contributed by atoms with Crippen molar-refractivity contribution in [2.75, 3.05) is 18.4 Å². The van der Waals surface area contributed by atoms with E-state index in [0.29, 0.717) is 19.6 Å². The molecule has 0 bridgehead atoms. The fraction of sp³-hybridized carbons (Fsp3) is 0.261. The van der Waals surface area contributed by atoms with Gasteiger partial charge in [0, 0.05) is 37.6 Å². The quantitative estimate of drug-likeness (QED) is 0.677. The summed E-state index contributed by atoms with van der Waals surface area (Å²) in [6.45, 7) is 1.69. The molecule has 0 radical (unpaired) electrons. The van der Waals surface area contributed by atoms with E-state index in [-0.39, 0.29) is 24.2 Å². The summed E-state index contributed by atoms with van der Waals surface area (Å²) in [6.07, 6.45) is 4.68. The van der Waals surface area contributed by atoms with Crippen LogP contribution in [0.3, 0.4) is 0 Å². The van der Waals surface area contributed by atoms with Crippen LogP contribution in [0.25, 0.3) is 0 Å². The van der Waals surface area contributed by atoms with Crippen LogP contribution in [-0.2, 0) is 22.6 Å². The van der Waals surface area contributed by atoms with Gasteiger partial charge in [-0.15, -0.1) is 0 Å². The molecule has 29 heavy (non-hydrogen) atoms. The van der Waals surface area contributed by atoms with E-state index in [0.717, 1.165) is 17.7 Å². The summed E-state index contributed by atoms with van der Waals surface area (Å²) in [4.78, 5) is 27.0. The number of hydrogen-bond donors (Lipinski definition) is 1. The second-order valence-electron chi connectivity index (χ2n) is 7.33. The first-order chi connectivity index (χ1) is 14.2. The lowest BCUT2D eigenvalue weighted by Crippen LogP contribution is -2.30. The number of anilines is 1. The molecule has 3 aromatic rings. The average Bonchev–Trinajstić information content (AvgIpc) is 3.38. The van der Waals surface area contributed by atoms with Gasteiger partial charge in [0.15, 0.2) is 0 Å². The van der Waals surface area contributed by atoms with Gasteiger partial charge in [-0.1, -0.05) is 48.5 Å². The Labute approximate surface area is 170 Å². The maximum absolute atomic E-state index is 12.8. The van der Waals surface area contributed by atoms with Crippen LogP contribution in [0.1, 0.15) is 17.5 Å². The number of amides is 2. The third-order valence-corrected chi connectivity index (χ3v) is 5.27. The van der Waals surface area contributed by atoms with E-state index >= 15 is 0 Å². The van der Waals surface area contributed by atoms with Crippen LogP contribution in [0.5, 0.6) is 0 Å². The summed E-state index contributed by atoms with van der Waals surface area (Å²) in [5.74, 6) is -0.379. The number of likely N-dealkylation sites (tertiary alicyclic amines) is 1. The zero-order chi connectivity index (χ0) is 20.1. The zero-order valence-corrected chi connectivity index (χ0v) is 16.2. The van der Waals surface area contributed by atoms with E-state index in [1.165, 1.54) is 5.56 Å². The van der Waals surface area contributed by atoms with Gasteiger partial charge in [-0.05, 0) is 29.7 Å². The molecule has 2 amide bonds. The summed E-state index contributed by atoms with van der Waals surface area (Å²) in [6, 6.07) is 19.7. The lowest BCUT2D eigenvalue weighted by molar-refractivity contribution is -0.128. The van der Waals surface area contributed by atoms with Crippen molar-refractivity contribution in [1.82, 2.24) is 14.7 Å². The Morgan fingerprint density at radius 1 is 1.07 bits per heavy atom. The molecule has 6 heteroatoms. The number of benzene rings is 2. The van der Waals surface area contributed by atoms with Crippen molar-refractivity contribution >= 4 is 17.5 Å². The molecule has 2 aromatic carbocycles. The number of carbonyl (C=O) groups is 2. The highest BCUT2D eigenvalue weighted by atomic mass is 16.2. The lowest BCUT2D eigenvalue weighted by atomic mass is 10.1. The van der Waals surface area contributed by atoms with Crippen molar-refractivity contribution in [1.29, 1.82) is 0 Å². The minimum Gasteiger partial charge on any atom is -0.342 e. The first-order valence-corrected chi connectivity index (χ1v) is 9.87. The largest absolute Gasteiger partial charge is 0.342 e. The molecule has 1 saturated heterocycles. The Morgan fingerprint density at radius 3 is 2.66 bits per heavy atom. The highest BCUT2D eigenvalue weighted by Crippen LogP contribution is 2.22. The van der Waals surface area contributed by atoms with E-state index < -0.39 is 0 Å². The van der Waals surface area contributed by atoms with Gasteiger partial charge in [0.1, 0.15) is 0 Å². The highest BCUT2D eigenvalue weighted by molar-refractivity contribution is 5.97. The lowest BCUT2D eigenvalue weighted by Gasteiger charge is -2.17. The molecule has 0 spiro atoms. The number of nitrogens with one attached hydrogen (secondary N) is 1. The maximum Gasteiger partial charge on any atom is 0.229 e. The zero-order valence-electron chi connectivity index (χ0n) is 16.2. The van der Waals surface area contributed by atoms with Crippen LogP contribution in [0, 0.1) is 5.92 Å². The fourth-order valence-electron chi connectivity index (χ4n) is 3.66. The van der Waals surface area contributed by atoms with Gasteiger partial charge in [0.05, 0.1) is 12.5 Å². The SMILES string of the molecule is O=C(Nc1ccccc1Cn1cccn1)C1CC(=O)N(CCc2ccccc2)C1. The smallest absolute Gasteiger partial charge is 0.229 e. The number of nitrogens with zero attached hydrogens (tertiary/aromatic N) is 3. The molecular formula is C23H24N4O2. The second kappa shape index (κ2) is 8.73. The van der Waals surface area contributed by atoms with E-state index in [1.54, 1.807) is 11.1 Å². The van der Waals surface area contributed by atoms with Crippen molar-refractivity contribution in [3.8, 4) is 0 Å². The van der Waals surface area contributed by atoms with Crippen molar-refractivity contribution in [3.63, 3.8) is 0 Å². The van der Waals surface area contributed by atoms with Crippen LogP contribution < -0.4 is 5.32 Å². The Morgan fingerprint density at radius 2 is 1.86 bits per heavy atom. The molecule has 6 nitrogen and oxygen atoms in total. The number of rotatable bonds is 7. The fourth-order valence-corrected chi connectivity index (χ4v) is 3.66. The normalized spacial score (nSPS) is 16.2. The van der Waals surface area contributed by atoms with Gasteiger partial charge in [-0.3, -0.25) is 14.3 Å². The number of carbonyl (C=O) groups excluding carboxylic acids is 2. The molecule has 4 rings (SSSR count). The third kappa shape index (κ3) is 4.71. The van der Waals surface area contributed by atoms with Gasteiger partial charge in [-0.2, -0.15) is 5.10 Å². The number of aromatic nitrogens is 2. The van der Waals surface area contributed by atoms with Crippen molar-refractivity contribution in [3.05, 3.63) is 84.2 Å². The average molecular weight is 388 g/mol. The van der Waals surface area contributed by atoms with Gasteiger partial charge >= 0.3 is 0 Å². The molecule has 1 aliphatic heterocycles. The first kappa shape index (κ1) is 18.9. The molecule has 1 aliphatic rings. The predicted octanol–water partition coefficient (Wildman–Crippen LogP) is 2.96. The van der Waals surface area contributed by atoms with Gasteiger partial charge in [-0.25, -0.2) is 0 Å². The van der Waals surface area contributed by atoms with E-state index in [1.807, 2.05) is 59.4 Å². The molecule has 0 aliphatic carbocycles. The molecular weight excluding hydrogens is 364 g/mol. The van der Waals surface area contributed by atoms with Gasteiger partial charge in [0.2, 0.25) is 11.8 Å². The topological polar surface area (TPSA) is 67.2 Å². The molecule has 1 atom stereocenters. The number of hydrogen-bond acceptors (Lipinski definition) is 3. The van der Waals surface area contributed by atoms with E-state index in [9.17, 15) is 9.59 Å². The van der Waals surface area contributed by atoms with Crippen LogP contribution in [0.2, 0.25) is 0 Å². The van der Waals surface area contributed by atoms with Crippen LogP contribution in [0.4, 0.5) is 5.69 Å². The Hall–Kier alpha value is -3.41. The minimum atomic E-state index is -0.323. The molecule has 1 N–H and O–H groups in total. The summed E-state index contributed by atoms with van der Waals surface area (Å²) in [5.41, 5.74) is 2.94. The Kier molecular flexibility index (Phi) is 5.70. The predicted molar refractivity (Wildman–Crippen MR) is 111 cm³/mol. The minimum absolute atomic E-state index is 0.0471. The molecule has 0 saturated carbocycles. The molecule has 1 unspecified atom stereocenters. The third-order valence-electron chi connectivity index (χ3n) is 5.27. The maximum atomic E-state index is 12.8. The highest BCUT2D eigenvalue weighted by Gasteiger charge is 2.34. The summed E-state index contributed by atoms with van der Waals surface area (Å²) in [7, 11) is 0. The summed E-state index contributed by atoms with van der Waals surface area (Å²) < 4.78 is 1.81. The van der Waals surface area contributed by atoms with E-state index in [2.05, 4.69) is 22.5 Å². The van der Waals surface area contributed by atoms with E-state index in [4.69, 9.17) is 0 Å². The molecule has 1 fully saturated rings. The van der Waals surface area contributed by atoms with Crippen molar-refractivity contribution < 1.29 is 9.59 Å². The second-order valence-corrected chi connectivity index (χ2v) is 7.33. The standard InChI is InChI=1S/C23H24N4O2/c28-22-15-20(16-26(22)14-11-18-7-2-1-3-8-18)23(29)25-21-10-5-4-9-19(21)17-27-13-6-12-24-27/h1-10,12-13,20H,11,14-17H2,(H,25,29). The van der Waals surface area contributed by atoms with Crippen LogP contribution >= 0.6 is 0 Å². The number of para-hydroxylation sites is 1. The molecule has 148 valence electrons. The summed E-state index contributed by atoms with van der Waals surface area (Å²) >= 11 is 0. The molecule has 1 aromatic heterocycles. The van der Waals surface area contributed by atoms with Crippen molar-refractivity contribution in [2.24, 2.45) is 5.92 Å². The van der Waals surface area contributed by atoms with Crippen molar-refractivity contribution in [2.45, 2.75) is 19.4 Å². The van der Waals surface area contributed by atoms with Crippen LogP contribution in [-0.4, -0.2) is 39.6 Å².